The molecule has 0 unspecified atom stereocenters. The summed E-state index contributed by atoms with van der Waals surface area (Å²) in [7, 11) is -2.47. The van der Waals surface area contributed by atoms with E-state index in [1.807, 2.05) is 13.8 Å². The van der Waals surface area contributed by atoms with Gasteiger partial charge in [0.05, 0.1) is 18.4 Å². The third kappa shape index (κ3) is 5.86. The van der Waals surface area contributed by atoms with Crippen LogP contribution in [0.4, 0.5) is 5.69 Å². The van der Waals surface area contributed by atoms with Crippen molar-refractivity contribution in [1.82, 2.24) is 9.62 Å². The van der Waals surface area contributed by atoms with Crippen LogP contribution >= 0.6 is 0 Å². The Labute approximate surface area is 190 Å². The molecular weight excluding hydrogens is 430 g/mol. The first-order chi connectivity index (χ1) is 15.1. The Morgan fingerprint density at radius 3 is 2.28 bits per heavy atom. The quantitative estimate of drug-likeness (QED) is 0.564. The molecule has 9 heteroatoms. The molecule has 0 spiro atoms. The number of hydrogen-bond donors (Lipinski definition) is 2. The van der Waals surface area contributed by atoms with Crippen molar-refractivity contribution < 1.29 is 22.7 Å². The van der Waals surface area contributed by atoms with E-state index in [1.54, 1.807) is 38.1 Å². The number of ether oxygens (including phenoxy) is 1. The van der Waals surface area contributed by atoms with Gasteiger partial charge >= 0.3 is 0 Å². The summed E-state index contributed by atoms with van der Waals surface area (Å²) in [5.41, 5.74) is 0.794. The molecule has 0 aromatic heterocycles. The Kier molecular flexibility index (Phi) is 8.80. The largest absolute Gasteiger partial charge is 0.495 e. The maximum atomic E-state index is 13.0. The van der Waals surface area contributed by atoms with Crippen LogP contribution in [0.1, 0.15) is 48.4 Å². The number of para-hydroxylation sites is 1. The molecule has 0 fully saturated rings. The molecule has 2 aromatic rings. The minimum Gasteiger partial charge on any atom is -0.495 e. The van der Waals surface area contributed by atoms with Crippen LogP contribution in [0.25, 0.3) is 0 Å². The van der Waals surface area contributed by atoms with E-state index in [0.717, 1.165) is 0 Å². The number of benzene rings is 2. The number of rotatable bonds is 10. The van der Waals surface area contributed by atoms with E-state index in [-0.39, 0.29) is 41.1 Å². The number of nitrogens with one attached hydrogen (secondary N) is 2. The molecule has 2 N–H and O–H groups in total. The molecule has 0 aliphatic carbocycles. The van der Waals surface area contributed by atoms with Gasteiger partial charge in [-0.3, -0.25) is 9.59 Å². The van der Waals surface area contributed by atoms with E-state index in [1.165, 1.54) is 29.6 Å². The number of anilines is 1. The highest BCUT2D eigenvalue weighted by Crippen LogP contribution is 2.28. The molecule has 2 rings (SSSR count). The number of methoxy groups -OCH3 is 1. The minimum atomic E-state index is -3.85. The highest BCUT2D eigenvalue weighted by molar-refractivity contribution is 7.89. The first-order valence-electron chi connectivity index (χ1n) is 10.5. The van der Waals surface area contributed by atoms with E-state index < -0.39 is 15.9 Å². The molecule has 0 saturated heterocycles. The van der Waals surface area contributed by atoms with Crippen molar-refractivity contribution in [3.8, 4) is 5.75 Å². The second kappa shape index (κ2) is 11.1. The van der Waals surface area contributed by atoms with Crippen molar-refractivity contribution in [2.45, 2.75) is 32.6 Å². The summed E-state index contributed by atoms with van der Waals surface area (Å²) in [5.74, 6) is -0.394. The number of nitrogens with zero attached hydrogens (tertiary/aromatic N) is 1. The van der Waals surface area contributed by atoms with Crippen LogP contribution in [0, 0.1) is 5.92 Å². The lowest BCUT2D eigenvalue weighted by molar-refractivity contribution is 0.0950. The number of amides is 2. The molecule has 0 radical (unpaired) electrons. The second-order valence-corrected chi connectivity index (χ2v) is 9.46. The summed E-state index contributed by atoms with van der Waals surface area (Å²) in [6.07, 6.45) is 0. The van der Waals surface area contributed by atoms with Gasteiger partial charge in [0.2, 0.25) is 10.0 Å². The Hall–Kier alpha value is -2.91. The number of carbonyl (C=O) groups is 2. The van der Waals surface area contributed by atoms with E-state index in [0.29, 0.717) is 17.8 Å². The zero-order valence-corrected chi connectivity index (χ0v) is 20.0. The Morgan fingerprint density at radius 2 is 1.69 bits per heavy atom. The summed E-state index contributed by atoms with van der Waals surface area (Å²) in [5, 5.41) is 5.55. The van der Waals surface area contributed by atoms with Gasteiger partial charge in [0.15, 0.2) is 0 Å². The topological polar surface area (TPSA) is 105 Å². The molecular formula is C23H31N3O5S. The maximum Gasteiger partial charge on any atom is 0.255 e. The highest BCUT2D eigenvalue weighted by Gasteiger charge is 2.27. The summed E-state index contributed by atoms with van der Waals surface area (Å²) in [6, 6.07) is 10.9. The Morgan fingerprint density at radius 1 is 1.03 bits per heavy atom. The minimum absolute atomic E-state index is 0.0840. The van der Waals surface area contributed by atoms with Gasteiger partial charge in [-0.15, -0.1) is 0 Å². The Bertz CT molecular complexity index is 1060. The lowest BCUT2D eigenvalue weighted by Gasteiger charge is -2.20. The van der Waals surface area contributed by atoms with Crippen LogP contribution in [-0.2, 0) is 10.0 Å². The molecule has 2 amide bonds. The van der Waals surface area contributed by atoms with Gasteiger partial charge in [-0.1, -0.05) is 39.8 Å². The van der Waals surface area contributed by atoms with Crippen molar-refractivity contribution in [1.29, 1.82) is 0 Å². The average Bonchev–Trinajstić information content (AvgIpc) is 2.77. The Balaban J connectivity index is 2.37. The number of hydrogen-bond acceptors (Lipinski definition) is 5. The molecule has 0 aliphatic rings. The fraction of sp³-hybridized carbons (Fsp3) is 0.391. The van der Waals surface area contributed by atoms with E-state index in [4.69, 9.17) is 4.74 Å². The van der Waals surface area contributed by atoms with Gasteiger partial charge in [0, 0.05) is 25.2 Å². The van der Waals surface area contributed by atoms with Crippen LogP contribution in [0.3, 0.4) is 0 Å². The smallest absolute Gasteiger partial charge is 0.255 e. The number of carbonyl (C=O) groups excluding carboxylic acids is 2. The molecule has 0 bridgehead atoms. The van der Waals surface area contributed by atoms with Crippen molar-refractivity contribution in [2.75, 3.05) is 32.1 Å². The first kappa shape index (κ1) is 25.4. The van der Waals surface area contributed by atoms with Crippen molar-refractivity contribution in [3.05, 3.63) is 53.6 Å². The molecule has 0 atom stereocenters. The highest BCUT2D eigenvalue weighted by atomic mass is 32.2. The predicted octanol–water partition coefficient (Wildman–Crippen LogP) is 3.36. The third-order valence-electron chi connectivity index (χ3n) is 4.84. The van der Waals surface area contributed by atoms with Crippen LogP contribution < -0.4 is 15.4 Å². The lowest BCUT2D eigenvalue weighted by atomic mass is 10.1. The van der Waals surface area contributed by atoms with Crippen LogP contribution in [-0.4, -0.2) is 51.3 Å². The van der Waals surface area contributed by atoms with E-state index in [2.05, 4.69) is 10.6 Å². The van der Waals surface area contributed by atoms with Crippen LogP contribution in [0.15, 0.2) is 47.4 Å². The van der Waals surface area contributed by atoms with E-state index >= 15 is 0 Å². The zero-order valence-electron chi connectivity index (χ0n) is 19.1. The summed E-state index contributed by atoms with van der Waals surface area (Å²) in [4.78, 5) is 25.4. The van der Waals surface area contributed by atoms with E-state index in [9.17, 15) is 18.0 Å². The molecule has 0 aliphatic heterocycles. The van der Waals surface area contributed by atoms with Crippen LogP contribution in [0.5, 0.6) is 5.75 Å². The fourth-order valence-electron chi connectivity index (χ4n) is 3.10. The van der Waals surface area contributed by atoms with Gasteiger partial charge in [0.25, 0.3) is 11.8 Å². The van der Waals surface area contributed by atoms with Gasteiger partial charge in [0.1, 0.15) is 10.6 Å². The summed E-state index contributed by atoms with van der Waals surface area (Å²) >= 11 is 0. The summed E-state index contributed by atoms with van der Waals surface area (Å²) < 4.78 is 32.6. The molecule has 0 saturated carbocycles. The predicted molar refractivity (Wildman–Crippen MR) is 125 cm³/mol. The van der Waals surface area contributed by atoms with Crippen LogP contribution in [0.2, 0.25) is 0 Å². The van der Waals surface area contributed by atoms with Crippen molar-refractivity contribution >= 4 is 27.5 Å². The SMILES string of the molecule is CCN(CC)S(=O)(=O)c1cc(C(=O)Nc2ccccc2C(=O)NCC(C)C)ccc1OC. The molecule has 2 aromatic carbocycles. The second-order valence-electron chi connectivity index (χ2n) is 7.56. The third-order valence-corrected chi connectivity index (χ3v) is 6.91. The normalized spacial score (nSPS) is 11.5. The molecule has 8 nitrogen and oxygen atoms in total. The summed E-state index contributed by atoms with van der Waals surface area (Å²) in [6.45, 7) is 8.54. The molecule has 32 heavy (non-hydrogen) atoms. The zero-order chi connectivity index (χ0) is 23.9. The first-order valence-corrected chi connectivity index (χ1v) is 12.0. The van der Waals surface area contributed by atoms with Gasteiger partial charge in [-0.05, 0) is 36.2 Å². The molecule has 174 valence electrons. The standard InChI is InChI=1S/C23H31N3O5S/c1-6-26(7-2)32(29,30)21-14-17(12-13-20(21)31-5)22(27)25-19-11-9-8-10-18(19)23(28)24-15-16(3)4/h8-14,16H,6-7,15H2,1-5H3,(H,24,28)(H,25,27). The monoisotopic (exact) mass is 461 g/mol. The van der Waals surface area contributed by atoms with Gasteiger partial charge in [-0.2, -0.15) is 4.31 Å². The fourth-order valence-corrected chi connectivity index (χ4v) is 4.74. The molecule has 0 heterocycles. The van der Waals surface area contributed by atoms with Crippen molar-refractivity contribution in [2.24, 2.45) is 5.92 Å². The lowest BCUT2D eigenvalue weighted by Crippen LogP contribution is -2.31. The van der Waals surface area contributed by atoms with Crippen molar-refractivity contribution in [3.63, 3.8) is 0 Å². The average molecular weight is 462 g/mol. The number of sulfonamides is 1. The maximum absolute atomic E-state index is 13.0. The van der Waals surface area contributed by atoms with Gasteiger partial charge in [-0.25, -0.2) is 8.42 Å². The van der Waals surface area contributed by atoms with Gasteiger partial charge < -0.3 is 15.4 Å².